The molecule has 30 heavy (non-hydrogen) atoms. The van der Waals surface area contributed by atoms with Gasteiger partial charge in [0, 0.05) is 28.3 Å². The molecule has 1 heterocycles. The van der Waals surface area contributed by atoms with Crippen LogP contribution in [-0.4, -0.2) is 40.7 Å². The zero-order valence-corrected chi connectivity index (χ0v) is 19.6. The topological polar surface area (TPSA) is 109 Å². The standard InChI is InChI=1S/C20H24FIN2O5S/c1-12-7-17(23-30(28,29)20(5-6-20)10-15(26)11-25)18(24(2)19(12)27)8-13-3-4-14(22)9-16(13)21/h3-4,7,9,15,23,25-26H,5-6,8,10-11H2,1-2H3. The van der Waals surface area contributed by atoms with Crippen LogP contribution in [0.5, 0.6) is 0 Å². The lowest BCUT2D eigenvalue weighted by molar-refractivity contribution is 0.0858. The number of aliphatic hydroxyl groups excluding tert-OH is 2. The van der Waals surface area contributed by atoms with Gasteiger partial charge in [0.15, 0.2) is 0 Å². The van der Waals surface area contributed by atoms with Gasteiger partial charge in [0.25, 0.3) is 5.56 Å². The van der Waals surface area contributed by atoms with Gasteiger partial charge >= 0.3 is 0 Å². The van der Waals surface area contributed by atoms with Crippen LogP contribution in [0.3, 0.4) is 0 Å². The van der Waals surface area contributed by atoms with Crippen LogP contribution in [-0.2, 0) is 23.5 Å². The summed E-state index contributed by atoms with van der Waals surface area (Å²) in [5, 5.41) is 18.9. The number of aryl methyl sites for hydroxylation is 1. The molecule has 0 aliphatic heterocycles. The number of hydrogen-bond donors (Lipinski definition) is 3. The Balaban J connectivity index is 2.01. The van der Waals surface area contributed by atoms with E-state index in [1.54, 1.807) is 19.1 Å². The van der Waals surface area contributed by atoms with Crippen molar-refractivity contribution in [3.63, 3.8) is 0 Å². The van der Waals surface area contributed by atoms with Crippen molar-refractivity contribution in [3.05, 3.63) is 60.8 Å². The van der Waals surface area contributed by atoms with Crippen LogP contribution in [0.25, 0.3) is 0 Å². The minimum Gasteiger partial charge on any atom is -0.394 e. The molecule has 1 aliphatic rings. The molecule has 1 fully saturated rings. The number of benzene rings is 1. The number of hydrogen-bond acceptors (Lipinski definition) is 5. The molecule has 0 amide bonds. The Bertz CT molecular complexity index is 1130. The first kappa shape index (κ1) is 23.2. The van der Waals surface area contributed by atoms with Crippen molar-refractivity contribution in [2.24, 2.45) is 7.05 Å². The fraction of sp³-hybridized carbons (Fsp3) is 0.450. The zero-order chi connectivity index (χ0) is 22.3. The van der Waals surface area contributed by atoms with Crippen LogP contribution in [0, 0.1) is 16.3 Å². The van der Waals surface area contributed by atoms with Gasteiger partial charge in [-0.1, -0.05) is 6.07 Å². The molecule has 1 aromatic heterocycles. The third-order valence-corrected chi connectivity index (χ3v) is 8.41. The quantitative estimate of drug-likeness (QED) is 0.437. The van der Waals surface area contributed by atoms with E-state index in [-0.39, 0.29) is 24.1 Å². The molecule has 0 radical (unpaired) electrons. The maximum atomic E-state index is 14.4. The Morgan fingerprint density at radius 1 is 1.33 bits per heavy atom. The maximum Gasteiger partial charge on any atom is 0.253 e. The minimum absolute atomic E-state index is 0.0267. The average Bonchev–Trinajstić information content (AvgIpc) is 3.45. The van der Waals surface area contributed by atoms with Gasteiger partial charge in [0.05, 0.1) is 23.1 Å². The van der Waals surface area contributed by atoms with Crippen LogP contribution < -0.4 is 10.3 Å². The van der Waals surface area contributed by atoms with E-state index in [1.165, 1.54) is 23.7 Å². The number of nitrogens with one attached hydrogen (secondary N) is 1. The summed E-state index contributed by atoms with van der Waals surface area (Å²) in [7, 11) is -2.39. The Labute approximate surface area is 188 Å². The molecule has 10 heteroatoms. The fourth-order valence-electron chi connectivity index (χ4n) is 3.55. The van der Waals surface area contributed by atoms with Crippen molar-refractivity contribution in [1.29, 1.82) is 0 Å². The van der Waals surface area contributed by atoms with Crippen LogP contribution in [0.4, 0.5) is 10.1 Å². The average molecular weight is 550 g/mol. The number of pyridine rings is 1. The molecule has 1 aliphatic carbocycles. The van der Waals surface area contributed by atoms with Gasteiger partial charge < -0.3 is 14.8 Å². The number of nitrogens with zero attached hydrogens (tertiary/aromatic N) is 1. The third kappa shape index (κ3) is 4.56. The molecule has 0 spiro atoms. The van der Waals surface area contributed by atoms with Gasteiger partial charge in [-0.15, -0.1) is 0 Å². The molecule has 0 bridgehead atoms. The van der Waals surface area contributed by atoms with Gasteiger partial charge in [-0.2, -0.15) is 0 Å². The van der Waals surface area contributed by atoms with E-state index in [2.05, 4.69) is 4.72 Å². The van der Waals surface area contributed by atoms with Crippen molar-refractivity contribution >= 4 is 38.3 Å². The second-order valence-electron chi connectivity index (χ2n) is 7.79. The highest BCUT2D eigenvalue weighted by Gasteiger charge is 2.55. The predicted molar refractivity (Wildman–Crippen MR) is 121 cm³/mol. The number of rotatable bonds is 8. The lowest BCUT2D eigenvalue weighted by Gasteiger charge is -2.22. The molecule has 2 aromatic rings. The largest absolute Gasteiger partial charge is 0.394 e. The van der Waals surface area contributed by atoms with Gasteiger partial charge in [0.2, 0.25) is 10.0 Å². The summed E-state index contributed by atoms with van der Waals surface area (Å²) in [4.78, 5) is 12.5. The third-order valence-electron chi connectivity index (χ3n) is 5.53. The van der Waals surface area contributed by atoms with Gasteiger partial charge in [-0.3, -0.25) is 9.52 Å². The van der Waals surface area contributed by atoms with Gasteiger partial charge in [0.1, 0.15) is 5.82 Å². The maximum absolute atomic E-state index is 14.4. The summed E-state index contributed by atoms with van der Waals surface area (Å²) in [6.45, 7) is 1.06. The van der Waals surface area contributed by atoms with Crippen molar-refractivity contribution < 1.29 is 23.0 Å². The summed E-state index contributed by atoms with van der Waals surface area (Å²) in [6.07, 6.45) is -0.453. The molecule has 3 N–H and O–H groups in total. The first-order chi connectivity index (χ1) is 14.0. The van der Waals surface area contributed by atoms with E-state index < -0.39 is 33.3 Å². The summed E-state index contributed by atoms with van der Waals surface area (Å²) in [5.41, 5.74) is 0.939. The highest BCUT2D eigenvalue weighted by Crippen LogP contribution is 2.48. The lowest BCUT2D eigenvalue weighted by Crippen LogP contribution is -2.35. The van der Waals surface area contributed by atoms with Gasteiger partial charge in [-0.25, -0.2) is 12.8 Å². The molecule has 1 aromatic carbocycles. The van der Waals surface area contributed by atoms with E-state index in [0.29, 0.717) is 29.7 Å². The fourth-order valence-corrected chi connectivity index (χ4v) is 5.73. The number of anilines is 1. The number of aromatic nitrogens is 1. The van der Waals surface area contributed by atoms with Gasteiger partial charge in [-0.05, 0) is 72.5 Å². The Kier molecular flexibility index (Phi) is 6.61. The minimum atomic E-state index is -3.92. The van der Waals surface area contributed by atoms with E-state index in [1.807, 2.05) is 22.6 Å². The number of aliphatic hydroxyl groups is 2. The molecular weight excluding hydrogens is 526 g/mol. The summed E-state index contributed by atoms with van der Waals surface area (Å²) < 4.78 is 44.1. The number of sulfonamides is 1. The summed E-state index contributed by atoms with van der Waals surface area (Å²) in [5.74, 6) is -0.437. The van der Waals surface area contributed by atoms with E-state index in [4.69, 9.17) is 5.11 Å². The predicted octanol–water partition coefficient (Wildman–Crippen LogP) is 2.05. The second-order valence-corrected chi connectivity index (χ2v) is 11.1. The van der Waals surface area contributed by atoms with Crippen LogP contribution in [0.1, 0.15) is 36.1 Å². The highest BCUT2D eigenvalue weighted by molar-refractivity contribution is 14.1. The molecule has 1 atom stereocenters. The summed E-state index contributed by atoms with van der Waals surface area (Å²) in [6, 6.07) is 6.18. The summed E-state index contributed by atoms with van der Waals surface area (Å²) >= 11 is 2.00. The zero-order valence-electron chi connectivity index (χ0n) is 16.7. The SMILES string of the molecule is Cc1cc(NS(=O)(=O)C2(CC(O)CO)CC2)c(Cc2ccc(I)cc2F)n(C)c1=O. The lowest BCUT2D eigenvalue weighted by atomic mass is 10.1. The van der Waals surface area contributed by atoms with Crippen LogP contribution >= 0.6 is 22.6 Å². The Hall–Kier alpha value is -1.50. The first-order valence-corrected chi connectivity index (χ1v) is 12.0. The van der Waals surface area contributed by atoms with E-state index in [0.717, 1.165) is 3.57 Å². The molecular formula is C20H24FIN2O5S. The van der Waals surface area contributed by atoms with Crippen molar-refractivity contribution in [3.8, 4) is 0 Å². The number of halogens is 2. The van der Waals surface area contributed by atoms with Crippen LogP contribution in [0.15, 0.2) is 29.1 Å². The normalized spacial score (nSPS) is 16.3. The smallest absolute Gasteiger partial charge is 0.253 e. The van der Waals surface area contributed by atoms with Crippen molar-refractivity contribution in [1.82, 2.24) is 4.57 Å². The van der Waals surface area contributed by atoms with Crippen molar-refractivity contribution in [2.75, 3.05) is 11.3 Å². The van der Waals surface area contributed by atoms with Crippen LogP contribution in [0.2, 0.25) is 0 Å². The molecule has 1 saturated carbocycles. The molecule has 0 saturated heterocycles. The van der Waals surface area contributed by atoms with E-state index >= 15 is 0 Å². The Morgan fingerprint density at radius 2 is 2.00 bits per heavy atom. The second kappa shape index (κ2) is 8.56. The monoisotopic (exact) mass is 550 g/mol. The van der Waals surface area contributed by atoms with Crippen molar-refractivity contribution in [2.45, 2.75) is 43.5 Å². The molecule has 1 unspecified atom stereocenters. The molecule has 3 rings (SSSR count). The molecule has 164 valence electrons. The van der Waals surface area contributed by atoms with E-state index in [9.17, 15) is 22.7 Å². The highest BCUT2D eigenvalue weighted by atomic mass is 127. The first-order valence-electron chi connectivity index (χ1n) is 9.44. The molecule has 7 nitrogen and oxygen atoms in total. The Morgan fingerprint density at radius 3 is 2.57 bits per heavy atom.